The molecule has 0 aliphatic rings. The molecule has 2 atom stereocenters. The summed E-state index contributed by atoms with van der Waals surface area (Å²) in [7, 11) is 0. The Morgan fingerprint density at radius 3 is 2.19 bits per heavy atom. The van der Waals surface area contributed by atoms with Gasteiger partial charge in [0, 0.05) is 12.0 Å². The summed E-state index contributed by atoms with van der Waals surface area (Å²) >= 11 is 0. The summed E-state index contributed by atoms with van der Waals surface area (Å²) in [6, 6.07) is 4.24. The van der Waals surface area contributed by atoms with Crippen LogP contribution in [0, 0.1) is 11.3 Å². The van der Waals surface area contributed by atoms with Gasteiger partial charge >= 0.3 is 5.97 Å². The van der Waals surface area contributed by atoms with Crippen LogP contribution in [0.2, 0.25) is 0 Å². The lowest BCUT2D eigenvalue weighted by atomic mass is 10.0. The summed E-state index contributed by atoms with van der Waals surface area (Å²) in [4.78, 5) is 47.1. The fourth-order valence-electron chi connectivity index (χ4n) is 2.62. The minimum Gasteiger partial charge on any atom is -0.494 e. The minimum absolute atomic E-state index is 0.00163. The van der Waals surface area contributed by atoms with E-state index in [1.54, 1.807) is 38.1 Å². The number of carboxylic acid groups (broad SMARTS) is 1. The molecular weight excluding hydrogens is 406 g/mol. The van der Waals surface area contributed by atoms with Crippen molar-refractivity contribution in [2.24, 2.45) is 17.4 Å². The highest BCUT2D eigenvalue weighted by Gasteiger charge is 2.28. The molecule has 170 valence electrons. The topological polar surface area (TPSA) is 198 Å². The van der Waals surface area contributed by atoms with Crippen LogP contribution in [0.4, 0.5) is 0 Å². The number of benzene rings is 1. The molecule has 0 saturated carbocycles. The Balaban J connectivity index is 2.55. The summed E-state index contributed by atoms with van der Waals surface area (Å²) < 4.78 is 5.50. The third kappa shape index (κ3) is 9.15. The number of amidine groups is 1. The number of hydrogen-bond acceptors (Lipinski definition) is 6. The Bertz CT molecular complexity index is 809. The molecule has 1 aromatic carbocycles. The molecule has 0 spiro atoms. The van der Waals surface area contributed by atoms with E-state index in [9.17, 15) is 19.2 Å². The molecule has 1 rings (SSSR count). The Hall–Kier alpha value is -3.63. The summed E-state index contributed by atoms with van der Waals surface area (Å²) in [6.07, 6.45) is -0.323. The van der Waals surface area contributed by atoms with Crippen molar-refractivity contribution in [2.45, 2.75) is 45.2 Å². The average Bonchev–Trinajstić information content (AvgIpc) is 2.68. The third-order valence-electron chi connectivity index (χ3n) is 4.28. The maximum absolute atomic E-state index is 12.4. The van der Waals surface area contributed by atoms with E-state index in [0.717, 1.165) is 0 Å². The maximum atomic E-state index is 12.4. The van der Waals surface area contributed by atoms with E-state index in [4.69, 9.17) is 26.7 Å². The Kier molecular flexibility index (Phi) is 9.96. The van der Waals surface area contributed by atoms with Gasteiger partial charge < -0.3 is 31.9 Å². The van der Waals surface area contributed by atoms with Crippen LogP contribution >= 0.6 is 0 Å². The standard InChI is InChI=1S/C20H29N5O6/c1-11(2)17(19(23)29)25-20(30)14(10-16(27)28)24-15(26)4-3-9-31-13-7-5-12(6-8-13)18(21)22/h5-8,11,14,17H,3-4,9-10H2,1-2H3,(H3,21,22)(H2,23,29)(H,24,26)(H,25,30)(H,27,28)/t14-,17-/m0/s1. The van der Waals surface area contributed by atoms with Gasteiger partial charge in [-0.25, -0.2) is 0 Å². The molecule has 3 amide bonds. The lowest BCUT2D eigenvalue weighted by molar-refractivity contribution is -0.141. The van der Waals surface area contributed by atoms with Gasteiger partial charge in [0.15, 0.2) is 0 Å². The van der Waals surface area contributed by atoms with Gasteiger partial charge in [-0.2, -0.15) is 0 Å². The van der Waals surface area contributed by atoms with Gasteiger partial charge in [-0.3, -0.25) is 24.6 Å². The van der Waals surface area contributed by atoms with Gasteiger partial charge in [0.2, 0.25) is 17.7 Å². The van der Waals surface area contributed by atoms with Gasteiger partial charge in [0.05, 0.1) is 13.0 Å². The molecule has 0 radical (unpaired) electrons. The first kappa shape index (κ1) is 25.4. The minimum atomic E-state index is -1.34. The van der Waals surface area contributed by atoms with Crippen molar-refractivity contribution in [1.29, 1.82) is 5.41 Å². The predicted octanol–water partition coefficient (Wildman–Crippen LogP) is -0.285. The molecule has 11 nitrogen and oxygen atoms in total. The van der Waals surface area contributed by atoms with Crippen LogP contribution in [-0.2, 0) is 19.2 Å². The zero-order valence-electron chi connectivity index (χ0n) is 17.5. The van der Waals surface area contributed by atoms with E-state index >= 15 is 0 Å². The first-order chi connectivity index (χ1) is 14.5. The highest BCUT2D eigenvalue weighted by molar-refractivity contribution is 5.95. The zero-order chi connectivity index (χ0) is 23.6. The van der Waals surface area contributed by atoms with E-state index < -0.39 is 42.2 Å². The van der Waals surface area contributed by atoms with Crippen LogP contribution in [0.25, 0.3) is 0 Å². The zero-order valence-corrected chi connectivity index (χ0v) is 17.5. The quantitative estimate of drug-likeness (QED) is 0.139. The summed E-state index contributed by atoms with van der Waals surface area (Å²) in [6.45, 7) is 3.56. The molecule has 1 aromatic rings. The molecular formula is C20H29N5O6. The van der Waals surface area contributed by atoms with Crippen LogP contribution in [0.1, 0.15) is 38.7 Å². The molecule has 0 saturated heterocycles. The number of carbonyl (C=O) groups excluding carboxylic acids is 3. The second kappa shape index (κ2) is 12.2. The van der Waals surface area contributed by atoms with Gasteiger partial charge in [-0.15, -0.1) is 0 Å². The monoisotopic (exact) mass is 435 g/mol. The Morgan fingerprint density at radius 1 is 1.10 bits per heavy atom. The molecule has 0 heterocycles. The number of nitrogens with one attached hydrogen (secondary N) is 3. The number of aliphatic carboxylic acids is 1. The number of hydrogen-bond donors (Lipinski definition) is 6. The fraction of sp³-hybridized carbons (Fsp3) is 0.450. The second-order valence-corrected chi connectivity index (χ2v) is 7.24. The van der Waals surface area contributed by atoms with Crippen molar-refractivity contribution in [1.82, 2.24) is 10.6 Å². The van der Waals surface area contributed by atoms with Gasteiger partial charge in [-0.05, 0) is 36.6 Å². The molecule has 0 bridgehead atoms. The summed E-state index contributed by atoms with van der Waals surface area (Å²) in [5.41, 5.74) is 11.2. The molecule has 0 aromatic heterocycles. The molecule has 8 N–H and O–H groups in total. The van der Waals surface area contributed by atoms with E-state index in [-0.39, 0.29) is 24.8 Å². The van der Waals surface area contributed by atoms with Gasteiger partial charge in [0.1, 0.15) is 23.7 Å². The number of amides is 3. The number of nitrogen functional groups attached to an aromatic ring is 1. The average molecular weight is 435 g/mol. The second-order valence-electron chi connectivity index (χ2n) is 7.24. The van der Waals surface area contributed by atoms with Crippen LogP contribution in [-0.4, -0.2) is 53.3 Å². The highest BCUT2D eigenvalue weighted by atomic mass is 16.5. The first-order valence-corrected chi connectivity index (χ1v) is 9.69. The lowest BCUT2D eigenvalue weighted by Gasteiger charge is -2.23. The Labute approximate surface area is 180 Å². The van der Waals surface area contributed by atoms with Crippen molar-refractivity contribution < 1.29 is 29.0 Å². The number of primary amides is 1. The van der Waals surface area contributed by atoms with Gasteiger partial charge in [-0.1, -0.05) is 13.8 Å². The smallest absolute Gasteiger partial charge is 0.305 e. The molecule has 11 heteroatoms. The maximum Gasteiger partial charge on any atom is 0.305 e. The molecule has 0 unspecified atom stereocenters. The van der Waals surface area contributed by atoms with Crippen molar-refractivity contribution >= 4 is 29.5 Å². The number of ether oxygens (including phenoxy) is 1. The largest absolute Gasteiger partial charge is 0.494 e. The first-order valence-electron chi connectivity index (χ1n) is 9.69. The summed E-state index contributed by atoms with van der Waals surface area (Å²) in [5.74, 6) is -3.18. The van der Waals surface area contributed by atoms with Crippen molar-refractivity contribution in [3.8, 4) is 5.75 Å². The molecule has 0 aliphatic heterocycles. The van der Waals surface area contributed by atoms with Crippen molar-refractivity contribution in [2.75, 3.05) is 6.61 Å². The van der Waals surface area contributed by atoms with Gasteiger partial charge in [0.25, 0.3) is 0 Å². The van der Waals surface area contributed by atoms with Crippen LogP contribution in [0.5, 0.6) is 5.75 Å². The fourth-order valence-corrected chi connectivity index (χ4v) is 2.62. The normalized spacial score (nSPS) is 12.5. The SMILES string of the molecule is CC(C)[C@H](NC(=O)[C@H](CC(=O)O)NC(=O)CCCOc1ccc(C(=N)N)cc1)C(N)=O. The molecule has 0 aliphatic carbocycles. The lowest BCUT2D eigenvalue weighted by Crippen LogP contribution is -2.55. The third-order valence-corrected chi connectivity index (χ3v) is 4.28. The van der Waals surface area contributed by atoms with Crippen molar-refractivity contribution in [3.05, 3.63) is 29.8 Å². The molecule has 31 heavy (non-hydrogen) atoms. The van der Waals surface area contributed by atoms with E-state index in [0.29, 0.717) is 17.7 Å². The molecule has 0 fully saturated rings. The van der Waals surface area contributed by atoms with Crippen LogP contribution < -0.4 is 26.8 Å². The predicted molar refractivity (Wildman–Crippen MR) is 112 cm³/mol. The van der Waals surface area contributed by atoms with E-state index in [2.05, 4.69) is 10.6 Å². The van der Waals surface area contributed by atoms with E-state index in [1.807, 2.05) is 0 Å². The number of carboxylic acids is 1. The summed E-state index contributed by atoms with van der Waals surface area (Å²) in [5, 5.41) is 21.1. The van der Waals surface area contributed by atoms with Crippen LogP contribution in [0.15, 0.2) is 24.3 Å². The highest BCUT2D eigenvalue weighted by Crippen LogP contribution is 2.12. The number of nitrogens with two attached hydrogens (primary N) is 2. The number of carbonyl (C=O) groups is 4. The van der Waals surface area contributed by atoms with Crippen molar-refractivity contribution in [3.63, 3.8) is 0 Å². The van der Waals surface area contributed by atoms with E-state index in [1.165, 1.54) is 0 Å². The number of rotatable bonds is 13. The Morgan fingerprint density at radius 2 is 1.71 bits per heavy atom. The van der Waals surface area contributed by atoms with Crippen LogP contribution in [0.3, 0.4) is 0 Å².